The van der Waals surface area contributed by atoms with E-state index in [0.29, 0.717) is 18.1 Å². The molecule has 1 saturated carbocycles. The van der Waals surface area contributed by atoms with E-state index in [-0.39, 0.29) is 0 Å². The van der Waals surface area contributed by atoms with Gasteiger partial charge in [0.05, 0.1) is 6.61 Å². The molecule has 0 heterocycles. The fourth-order valence-corrected chi connectivity index (χ4v) is 3.81. The third-order valence-electron chi connectivity index (χ3n) is 4.49. The molecule has 114 valence electrons. The number of nitrogens with zero attached hydrogens (tertiary/aromatic N) is 1. The first kappa shape index (κ1) is 16.9. The highest BCUT2D eigenvalue weighted by atomic mass is 16.5. The monoisotopic (exact) mass is 270 g/mol. The smallest absolute Gasteiger partial charge is 0.0589 e. The van der Waals surface area contributed by atoms with Crippen molar-refractivity contribution in [3.05, 3.63) is 0 Å². The average Bonchev–Trinajstić information content (AvgIpc) is 2.32. The molecule has 0 bridgehead atoms. The normalized spacial score (nSPS) is 32.2. The fraction of sp³-hybridized carbons (Fsp3) is 1.00. The summed E-state index contributed by atoms with van der Waals surface area (Å²) in [6, 6.07) is 1.85. The lowest BCUT2D eigenvalue weighted by Crippen LogP contribution is -2.58. The van der Waals surface area contributed by atoms with Crippen LogP contribution in [0.1, 0.15) is 47.5 Å². The third-order valence-corrected chi connectivity index (χ3v) is 4.49. The Kier molecular flexibility index (Phi) is 7.33. The minimum absolute atomic E-state index is 0.581. The summed E-state index contributed by atoms with van der Waals surface area (Å²) in [7, 11) is 1.80. The molecule has 0 spiro atoms. The van der Waals surface area contributed by atoms with E-state index in [1.54, 1.807) is 7.11 Å². The highest BCUT2D eigenvalue weighted by Gasteiger charge is 2.37. The van der Waals surface area contributed by atoms with Gasteiger partial charge in [-0.2, -0.15) is 0 Å². The van der Waals surface area contributed by atoms with Gasteiger partial charge in [0.2, 0.25) is 0 Å². The average molecular weight is 270 g/mol. The molecule has 1 rings (SSSR count). The molecule has 0 radical (unpaired) electrons. The molecule has 1 aliphatic rings. The van der Waals surface area contributed by atoms with Gasteiger partial charge < -0.3 is 10.1 Å². The molecular formula is C16H34N2O. The number of nitrogens with one attached hydrogen (secondary N) is 1. The van der Waals surface area contributed by atoms with Gasteiger partial charge in [-0.1, -0.05) is 20.8 Å². The molecular weight excluding hydrogens is 236 g/mol. The second kappa shape index (κ2) is 8.23. The molecule has 19 heavy (non-hydrogen) atoms. The minimum Gasteiger partial charge on any atom is -0.383 e. The summed E-state index contributed by atoms with van der Waals surface area (Å²) < 4.78 is 5.30. The maximum absolute atomic E-state index is 5.30. The van der Waals surface area contributed by atoms with E-state index in [2.05, 4.69) is 44.8 Å². The highest BCUT2D eigenvalue weighted by molar-refractivity contribution is 4.94. The topological polar surface area (TPSA) is 24.5 Å². The maximum Gasteiger partial charge on any atom is 0.0589 e. The number of likely N-dealkylation sites (N-methyl/N-ethyl adjacent to an activating group) is 1. The summed E-state index contributed by atoms with van der Waals surface area (Å²) in [5.41, 5.74) is 0. The predicted molar refractivity (Wildman–Crippen MR) is 82.5 cm³/mol. The summed E-state index contributed by atoms with van der Waals surface area (Å²) in [6.45, 7) is 14.6. The van der Waals surface area contributed by atoms with Crippen molar-refractivity contribution in [1.82, 2.24) is 10.2 Å². The summed E-state index contributed by atoms with van der Waals surface area (Å²) in [4.78, 5) is 2.65. The van der Waals surface area contributed by atoms with Gasteiger partial charge in [-0.3, -0.25) is 4.90 Å². The Hall–Kier alpha value is -0.120. The SMILES string of the molecule is CCNC1CC(C)CC(C)C1N(CCOC)C(C)C. The molecule has 1 N–H and O–H groups in total. The molecule has 0 amide bonds. The minimum atomic E-state index is 0.581. The van der Waals surface area contributed by atoms with Crippen LogP contribution in [0.3, 0.4) is 0 Å². The molecule has 0 aliphatic heterocycles. The maximum atomic E-state index is 5.30. The van der Waals surface area contributed by atoms with Crippen LogP contribution >= 0.6 is 0 Å². The molecule has 3 heteroatoms. The predicted octanol–water partition coefficient (Wildman–Crippen LogP) is 2.76. The van der Waals surface area contributed by atoms with E-state index in [1.165, 1.54) is 12.8 Å². The third kappa shape index (κ3) is 4.73. The lowest BCUT2D eigenvalue weighted by molar-refractivity contribution is 0.0221. The van der Waals surface area contributed by atoms with Crippen molar-refractivity contribution < 1.29 is 4.74 Å². The summed E-state index contributed by atoms with van der Waals surface area (Å²) >= 11 is 0. The van der Waals surface area contributed by atoms with Crippen LogP contribution in [0, 0.1) is 11.8 Å². The number of ether oxygens (including phenoxy) is 1. The molecule has 1 aliphatic carbocycles. The number of hydrogen-bond acceptors (Lipinski definition) is 3. The Morgan fingerprint density at radius 3 is 2.47 bits per heavy atom. The number of rotatable bonds is 7. The highest BCUT2D eigenvalue weighted by Crippen LogP contribution is 2.33. The zero-order chi connectivity index (χ0) is 14.4. The van der Waals surface area contributed by atoms with Crippen LogP contribution in [0.5, 0.6) is 0 Å². The summed E-state index contributed by atoms with van der Waals surface area (Å²) in [5, 5.41) is 3.72. The van der Waals surface area contributed by atoms with Gasteiger partial charge in [0.25, 0.3) is 0 Å². The van der Waals surface area contributed by atoms with E-state index in [0.717, 1.165) is 31.5 Å². The first-order valence-corrected chi connectivity index (χ1v) is 7.99. The van der Waals surface area contributed by atoms with Crippen molar-refractivity contribution >= 4 is 0 Å². The van der Waals surface area contributed by atoms with Crippen molar-refractivity contribution in [1.29, 1.82) is 0 Å². The van der Waals surface area contributed by atoms with Gasteiger partial charge in [-0.05, 0) is 45.1 Å². The quantitative estimate of drug-likeness (QED) is 0.770. The van der Waals surface area contributed by atoms with Crippen LogP contribution in [0.2, 0.25) is 0 Å². The van der Waals surface area contributed by atoms with E-state index in [4.69, 9.17) is 4.74 Å². The zero-order valence-corrected chi connectivity index (χ0v) is 13.8. The first-order valence-electron chi connectivity index (χ1n) is 7.99. The number of methoxy groups -OCH3 is 1. The largest absolute Gasteiger partial charge is 0.383 e. The van der Waals surface area contributed by atoms with Crippen molar-refractivity contribution in [3.8, 4) is 0 Å². The van der Waals surface area contributed by atoms with Crippen molar-refractivity contribution in [3.63, 3.8) is 0 Å². The van der Waals surface area contributed by atoms with Gasteiger partial charge in [0, 0.05) is 31.8 Å². The molecule has 3 nitrogen and oxygen atoms in total. The van der Waals surface area contributed by atoms with E-state index in [9.17, 15) is 0 Å². The lowest BCUT2D eigenvalue weighted by Gasteiger charge is -2.47. The molecule has 0 saturated heterocycles. The number of hydrogen-bond donors (Lipinski definition) is 1. The van der Waals surface area contributed by atoms with Gasteiger partial charge in [0.15, 0.2) is 0 Å². The Bertz CT molecular complexity index is 245. The van der Waals surface area contributed by atoms with Crippen LogP contribution in [0.25, 0.3) is 0 Å². The van der Waals surface area contributed by atoms with E-state index >= 15 is 0 Å². The molecule has 4 unspecified atom stereocenters. The van der Waals surface area contributed by atoms with Gasteiger partial charge in [-0.25, -0.2) is 0 Å². The Morgan fingerprint density at radius 1 is 1.26 bits per heavy atom. The zero-order valence-electron chi connectivity index (χ0n) is 13.8. The molecule has 1 fully saturated rings. The van der Waals surface area contributed by atoms with Gasteiger partial charge >= 0.3 is 0 Å². The summed E-state index contributed by atoms with van der Waals surface area (Å²) in [6.07, 6.45) is 2.65. The fourth-order valence-electron chi connectivity index (χ4n) is 3.81. The van der Waals surface area contributed by atoms with Crippen LogP contribution in [0.4, 0.5) is 0 Å². The second-order valence-electron chi connectivity index (χ2n) is 6.53. The molecule has 0 aromatic heterocycles. The van der Waals surface area contributed by atoms with E-state index < -0.39 is 0 Å². The van der Waals surface area contributed by atoms with Crippen LogP contribution in [-0.4, -0.2) is 49.8 Å². The molecule has 0 aromatic carbocycles. The van der Waals surface area contributed by atoms with Crippen molar-refractivity contribution in [2.75, 3.05) is 26.8 Å². The van der Waals surface area contributed by atoms with Crippen LogP contribution < -0.4 is 5.32 Å². The Balaban J connectivity index is 2.81. The van der Waals surface area contributed by atoms with Crippen LogP contribution in [-0.2, 0) is 4.74 Å². The Morgan fingerprint density at radius 2 is 1.95 bits per heavy atom. The summed E-state index contributed by atoms with van der Waals surface area (Å²) in [5.74, 6) is 1.60. The molecule has 4 atom stereocenters. The standard InChI is InChI=1S/C16H34N2O/c1-7-17-15-11-13(4)10-14(5)16(15)18(12(2)3)8-9-19-6/h12-17H,7-11H2,1-6H3. The van der Waals surface area contributed by atoms with Gasteiger partial charge in [0.1, 0.15) is 0 Å². The van der Waals surface area contributed by atoms with Crippen LogP contribution in [0.15, 0.2) is 0 Å². The van der Waals surface area contributed by atoms with E-state index in [1.807, 2.05) is 0 Å². The molecule has 0 aromatic rings. The first-order chi connectivity index (χ1) is 9.01. The second-order valence-corrected chi connectivity index (χ2v) is 6.53. The Labute approximate surface area is 120 Å². The van der Waals surface area contributed by atoms with Crippen molar-refractivity contribution in [2.24, 2.45) is 11.8 Å². The van der Waals surface area contributed by atoms with Crippen molar-refractivity contribution in [2.45, 2.75) is 65.6 Å². The van der Waals surface area contributed by atoms with Gasteiger partial charge in [-0.15, -0.1) is 0 Å². The lowest BCUT2D eigenvalue weighted by atomic mass is 9.75.